The van der Waals surface area contributed by atoms with Crippen LogP contribution in [0.25, 0.3) is 5.03 Å². The summed E-state index contributed by atoms with van der Waals surface area (Å²) in [4.78, 5) is 14.3. The van der Waals surface area contributed by atoms with E-state index < -0.39 is 0 Å². The van der Waals surface area contributed by atoms with E-state index in [1.807, 2.05) is 0 Å². The molecule has 1 aromatic heterocycles. The van der Waals surface area contributed by atoms with Crippen LogP contribution in [-0.4, -0.2) is 11.3 Å². The minimum absolute atomic E-state index is 0.332. The van der Waals surface area contributed by atoms with Crippen LogP contribution < -0.4 is 5.73 Å². The Hall–Kier alpha value is -1.35. The van der Waals surface area contributed by atoms with Gasteiger partial charge in [-0.15, -0.1) is 0 Å². The summed E-state index contributed by atoms with van der Waals surface area (Å²) in [6, 6.07) is 3.16. The van der Waals surface area contributed by atoms with Gasteiger partial charge in [0.25, 0.3) is 0 Å². The Kier molecular flexibility index (Phi) is 2.82. The Morgan fingerprint density at radius 1 is 1.67 bits per heavy atom. The number of pyridine rings is 1. The number of hydrogen-bond donors (Lipinski definition) is 1. The van der Waals surface area contributed by atoms with Gasteiger partial charge in [0.15, 0.2) is 0 Å². The van der Waals surface area contributed by atoms with E-state index in [1.165, 1.54) is 12.4 Å². The van der Waals surface area contributed by atoms with Crippen molar-refractivity contribution in [1.29, 1.82) is 0 Å². The molecule has 62 valence electrons. The van der Waals surface area contributed by atoms with Crippen LogP contribution in [0.5, 0.6) is 0 Å². The number of rotatable bonds is 2. The molecule has 0 amide bonds. The van der Waals surface area contributed by atoms with Crippen molar-refractivity contribution in [1.82, 2.24) is 4.98 Å². The minimum Gasteiger partial charge on any atom is -0.403 e. The van der Waals surface area contributed by atoms with Gasteiger partial charge in [-0.3, -0.25) is 9.78 Å². The number of carbonyl (C=O) groups is 1. The molecule has 0 aliphatic carbocycles. The largest absolute Gasteiger partial charge is 0.403 e. The van der Waals surface area contributed by atoms with E-state index in [0.717, 1.165) is 6.29 Å². The molecule has 12 heavy (non-hydrogen) atoms. The summed E-state index contributed by atoms with van der Waals surface area (Å²) in [5.41, 5.74) is 6.20. The van der Waals surface area contributed by atoms with Gasteiger partial charge in [0, 0.05) is 18.0 Å². The predicted octanol–water partition coefficient (Wildman–Crippen LogP) is 1.39. The van der Waals surface area contributed by atoms with Crippen LogP contribution >= 0.6 is 11.6 Å². The first-order chi connectivity index (χ1) is 5.77. The van der Waals surface area contributed by atoms with Crippen LogP contribution in [0.15, 0.2) is 24.5 Å². The molecule has 0 aliphatic rings. The molecule has 1 heterocycles. The van der Waals surface area contributed by atoms with E-state index in [0.29, 0.717) is 16.3 Å². The van der Waals surface area contributed by atoms with Gasteiger partial charge in [-0.25, -0.2) is 0 Å². The highest BCUT2D eigenvalue weighted by atomic mass is 35.5. The van der Waals surface area contributed by atoms with E-state index >= 15 is 0 Å². The molecule has 0 spiro atoms. The second-order valence-corrected chi connectivity index (χ2v) is 2.51. The van der Waals surface area contributed by atoms with E-state index in [4.69, 9.17) is 17.3 Å². The molecule has 1 aromatic rings. The molecule has 0 aromatic carbocycles. The number of aldehydes is 1. The average molecular weight is 183 g/mol. The van der Waals surface area contributed by atoms with Crippen LogP contribution in [0.2, 0.25) is 0 Å². The van der Waals surface area contributed by atoms with Gasteiger partial charge < -0.3 is 5.73 Å². The van der Waals surface area contributed by atoms with Crippen LogP contribution in [0.4, 0.5) is 0 Å². The Morgan fingerprint density at radius 2 is 2.42 bits per heavy atom. The standard InChI is InChI=1S/C8H7ClN2O/c9-7(4-10)8-3-6(5-12)1-2-11-8/h1-5H,10H2/b7-4+. The van der Waals surface area contributed by atoms with Crippen molar-refractivity contribution >= 4 is 22.9 Å². The van der Waals surface area contributed by atoms with Gasteiger partial charge in [-0.05, 0) is 12.1 Å². The molecule has 0 saturated carbocycles. The summed E-state index contributed by atoms with van der Waals surface area (Å²) >= 11 is 5.68. The quantitative estimate of drug-likeness (QED) is 0.704. The van der Waals surface area contributed by atoms with Crippen LogP contribution in [0.3, 0.4) is 0 Å². The summed E-state index contributed by atoms with van der Waals surface area (Å²) < 4.78 is 0. The molecular formula is C8H7ClN2O. The van der Waals surface area contributed by atoms with Gasteiger partial charge in [0.05, 0.1) is 10.7 Å². The predicted molar refractivity (Wildman–Crippen MR) is 47.6 cm³/mol. The van der Waals surface area contributed by atoms with Crippen LogP contribution in [0.1, 0.15) is 16.1 Å². The molecule has 0 saturated heterocycles. The van der Waals surface area contributed by atoms with Crippen molar-refractivity contribution < 1.29 is 4.79 Å². The molecule has 1 rings (SSSR count). The second-order valence-electron chi connectivity index (χ2n) is 2.11. The van der Waals surface area contributed by atoms with Crippen LogP contribution in [-0.2, 0) is 0 Å². The SMILES string of the molecule is N/C=C(/Cl)c1cc(C=O)ccn1. The number of hydrogen-bond acceptors (Lipinski definition) is 3. The third kappa shape index (κ3) is 1.83. The van der Waals surface area contributed by atoms with Crippen molar-refractivity contribution in [2.45, 2.75) is 0 Å². The van der Waals surface area contributed by atoms with Crippen molar-refractivity contribution in [3.05, 3.63) is 35.8 Å². The van der Waals surface area contributed by atoms with Gasteiger partial charge in [0.2, 0.25) is 0 Å². The Morgan fingerprint density at radius 3 is 3.00 bits per heavy atom. The third-order valence-electron chi connectivity index (χ3n) is 1.31. The number of halogens is 1. The van der Waals surface area contributed by atoms with E-state index in [-0.39, 0.29) is 0 Å². The molecule has 0 atom stereocenters. The maximum absolute atomic E-state index is 10.3. The Balaban J connectivity index is 3.10. The third-order valence-corrected chi connectivity index (χ3v) is 1.63. The number of nitrogens with two attached hydrogens (primary N) is 1. The van der Waals surface area contributed by atoms with Gasteiger partial charge in [-0.1, -0.05) is 11.6 Å². The molecule has 4 heteroatoms. The zero-order valence-corrected chi connectivity index (χ0v) is 6.95. The first-order valence-electron chi connectivity index (χ1n) is 3.27. The lowest BCUT2D eigenvalue weighted by molar-refractivity contribution is 0.112. The lowest BCUT2D eigenvalue weighted by atomic mass is 10.2. The normalized spacial score (nSPS) is 11.2. The minimum atomic E-state index is 0.332. The Labute approximate surface area is 74.9 Å². The van der Waals surface area contributed by atoms with Crippen molar-refractivity contribution in [2.75, 3.05) is 0 Å². The molecule has 0 aliphatic heterocycles. The van der Waals surface area contributed by atoms with Crippen molar-refractivity contribution in [3.8, 4) is 0 Å². The molecule has 0 radical (unpaired) electrons. The molecular weight excluding hydrogens is 176 g/mol. The summed E-state index contributed by atoms with van der Waals surface area (Å²) in [7, 11) is 0. The van der Waals surface area contributed by atoms with Crippen molar-refractivity contribution in [2.24, 2.45) is 5.73 Å². The zero-order valence-electron chi connectivity index (χ0n) is 6.20. The maximum atomic E-state index is 10.3. The smallest absolute Gasteiger partial charge is 0.150 e. The highest BCUT2D eigenvalue weighted by molar-refractivity contribution is 6.48. The fourth-order valence-corrected chi connectivity index (χ4v) is 0.840. The first kappa shape index (κ1) is 8.74. The van der Waals surface area contributed by atoms with Crippen molar-refractivity contribution in [3.63, 3.8) is 0 Å². The van der Waals surface area contributed by atoms with Gasteiger partial charge in [-0.2, -0.15) is 0 Å². The molecule has 2 N–H and O–H groups in total. The molecule has 0 unspecified atom stereocenters. The Bertz CT molecular complexity index is 323. The highest BCUT2D eigenvalue weighted by Crippen LogP contribution is 2.14. The zero-order chi connectivity index (χ0) is 8.97. The fraction of sp³-hybridized carbons (Fsp3) is 0. The summed E-state index contributed by atoms with van der Waals surface area (Å²) in [6.07, 6.45) is 3.47. The number of carbonyl (C=O) groups excluding carboxylic acids is 1. The lowest BCUT2D eigenvalue weighted by Crippen LogP contribution is -1.89. The molecule has 0 bridgehead atoms. The fourth-order valence-electron chi connectivity index (χ4n) is 0.736. The summed E-state index contributed by atoms with van der Waals surface area (Å²) in [5, 5.41) is 0.332. The first-order valence-corrected chi connectivity index (χ1v) is 3.64. The van der Waals surface area contributed by atoms with E-state index in [9.17, 15) is 4.79 Å². The topological polar surface area (TPSA) is 56.0 Å². The van der Waals surface area contributed by atoms with Crippen LogP contribution in [0, 0.1) is 0 Å². The highest BCUT2D eigenvalue weighted by Gasteiger charge is 1.99. The second kappa shape index (κ2) is 3.88. The number of nitrogens with zero attached hydrogens (tertiary/aromatic N) is 1. The summed E-state index contributed by atoms with van der Waals surface area (Å²) in [5.74, 6) is 0. The maximum Gasteiger partial charge on any atom is 0.150 e. The van der Waals surface area contributed by atoms with E-state index in [2.05, 4.69) is 4.98 Å². The number of aromatic nitrogens is 1. The van der Waals surface area contributed by atoms with Gasteiger partial charge in [0.1, 0.15) is 6.29 Å². The molecule has 3 nitrogen and oxygen atoms in total. The van der Waals surface area contributed by atoms with E-state index in [1.54, 1.807) is 12.1 Å². The van der Waals surface area contributed by atoms with Gasteiger partial charge >= 0.3 is 0 Å². The lowest BCUT2D eigenvalue weighted by Gasteiger charge is -1.96. The summed E-state index contributed by atoms with van der Waals surface area (Å²) in [6.45, 7) is 0. The monoisotopic (exact) mass is 182 g/mol. The molecule has 0 fully saturated rings. The average Bonchev–Trinajstić information content (AvgIpc) is 2.17.